The lowest BCUT2D eigenvalue weighted by Gasteiger charge is -2.28. The third-order valence-corrected chi connectivity index (χ3v) is 5.23. The number of hydrogen-bond acceptors (Lipinski definition) is 7. The van der Waals surface area contributed by atoms with E-state index in [0.29, 0.717) is 37.5 Å². The third kappa shape index (κ3) is 6.18. The van der Waals surface area contributed by atoms with Crippen molar-refractivity contribution >= 4 is 5.91 Å². The molecule has 8 nitrogen and oxygen atoms in total. The molecule has 1 amide bonds. The van der Waals surface area contributed by atoms with Crippen molar-refractivity contribution in [2.45, 2.75) is 39.2 Å². The summed E-state index contributed by atoms with van der Waals surface area (Å²) in [6.07, 6.45) is 3.24. The van der Waals surface area contributed by atoms with Crippen LogP contribution < -0.4 is 10.1 Å². The van der Waals surface area contributed by atoms with Gasteiger partial charge in [-0.2, -0.15) is 4.98 Å². The van der Waals surface area contributed by atoms with Crippen molar-refractivity contribution < 1.29 is 18.5 Å². The van der Waals surface area contributed by atoms with Gasteiger partial charge in [0.05, 0.1) is 19.4 Å². The van der Waals surface area contributed by atoms with Crippen molar-refractivity contribution in [3.05, 3.63) is 54.3 Å². The molecule has 3 rings (SSSR count). The van der Waals surface area contributed by atoms with Gasteiger partial charge in [0.25, 0.3) is 0 Å². The Hall–Kier alpha value is -3.13. The number of rotatable bonds is 12. The fourth-order valence-corrected chi connectivity index (χ4v) is 3.47. The number of nitrogens with zero attached hydrogens (tertiary/aromatic N) is 3. The molecule has 0 fully saturated rings. The zero-order valence-electron chi connectivity index (χ0n) is 18.3. The lowest BCUT2D eigenvalue weighted by molar-refractivity contribution is -0.121. The molecule has 166 valence electrons. The van der Waals surface area contributed by atoms with E-state index in [1.807, 2.05) is 36.4 Å². The summed E-state index contributed by atoms with van der Waals surface area (Å²) in [4.78, 5) is 19.0. The van der Waals surface area contributed by atoms with Crippen LogP contribution in [0.25, 0.3) is 11.4 Å². The number of carbonyl (C=O) groups excluding carboxylic acids is 1. The summed E-state index contributed by atoms with van der Waals surface area (Å²) < 4.78 is 16.1. The lowest BCUT2D eigenvalue weighted by Crippen LogP contribution is -2.37. The van der Waals surface area contributed by atoms with Gasteiger partial charge in [0.2, 0.25) is 17.6 Å². The quantitative estimate of drug-likeness (QED) is 0.470. The average molecular weight is 427 g/mol. The largest absolute Gasteiger partial charge is 0.497 e. The topological polar surface area (TPSA) is 93.6 Å². The first-order valence-electron chi connectivity index (χ1n) is 10.7. The number of furan rings is 1. The predicted octanol–water partition coefficient (Wildman–Crippen LogP) is 3.86. The van der Waals surface area contributed by atoms with Crippen LogP contribution in [-0.2, 0) is 11.2 Å². The van der Waals surface area contributed by atoms with E-state index in [1.54, 1.807) is 13.4 Å². The van der Waals surface area contributed by atoms with Crippen molar-refractivity contribution in [2.24, 2.45) is 0 Å². The molecule has 31 heavy (non-hydrogen) atoms. The highest BCUT2D eigenvalue weighted by Gasteiger charge is 2.21. The van der Waals surface area contributed by atoms with E-state index >= 15 is 0 Å². The molecule has 1 atom stereocenters. The van der Waals surface area contributed by atoms with E-state index in [1.165, 1.54) is 0 Å². The van der Waals surface area contributed by atoms with Crippen LogP contribution in [-0.4, -0.2) is 47.7 Å². The molecule has 0 saturated heterocycles. The predicted molar refractivity (Wildman–Crippen MR) is 117 cm³/mol. The molecule has 8 heteroatoms. The fourth-order valence-electron chi connectivity index (χ4n) is 3.47. The minimum Gasteiger partial charge on any atom is -0.497 e. The van der Waals surface area contributed by atoms with Gasteiger partial charge in [0.15, 0.2) is 0 Å². The van der Waals surface area contributed by atoms with Gasteiger partial charge < -0.3 is 19.0 Å². The van der Waals surface area contributed by atoms with Gasteiger partial charge in [-0.25, -0.2) is 0 Å². The number of amides is 1. The number of methoxy groups -OCH3 is 1. The highest BCUT2D eigenvalue weighted by Crippen LogP contribution is 2.21. The molecule has 0 radical (unpaired) electrons. The van der Waals surface area contributed by atoms with E-state index in [2.05, 4.69) is 34.2 Å². The second-order valence-corrected chi connectivity index (χ2v) is 7.15. The van der Waals surface area contributed by atoms with Crippen molar-refractivity contribution in [3.8, 4) is 17.1 Å². The molecular weight excluding hydrogens is 396 g/mol. The molecule has 0 aliphatic heterocycles. The minimum absolute atomic E-state index is 0.00129. The van der Waals surface area contributed by atoms with Crippen LogP contribution in [0.1, 0.15) is 44.4 Å². The molecule has 2 aromatic heterocycles. The highest BCUT2D eigenvalue weighted by atomic mass is 16.5. The number of carbonyl (C=O) groups is 1. The fraction of sp³-hybridized carbons (Fsp3) is 0.435. The molecule has 0 bridgehead atoms. The molecule has 1 N–H and O–H groups in total. The first-order chi connectivity index (χ1) is 15.1. The first kappa shape index (κ1) is 22.6. The van der Waals surface area contributed by atoms with Crippen LogP contribution in [0.5, 0.6) is 5.75 Å². The van der Waals surface area contributed by atoms with Gasteiger partial charge in [0.1, 0.15) is 11.5 Å². The molecule has 3 aromatic rings. The summed E-state index contributed by atoms with van der Waals surface area (Å²) >= 11 is 0. The maximum Gasteiger partial charge on any atom is 0.226 e. The monoisotopic (exact) mass is 426 g/mol. The van der Waals surface area contributed by atoms with E-state index < -0.39 is 0 Å². The Bertz CT molecular complexity index is 917. The number of aromatic nitrogens is 2. The normalized spacial score (nSPS) is 12.1. The smallest absolute Gasteiger partial charge is 0.226 e. The van der Waals surface area contributed by atoms with E-state index in [4.69, 9.17) is 13.7 Å². The standard InChI is InChI=1S/C23H30N4O4/c1-4-27(5-2)19(20-8-7-15-30-20)16-24-21(28)9-6-10-22-25-23(26-31-22)17-11-13-18(29-3)14-12-17/h7-8,11-15,19H,4-6,9-10,16H2,1-3H3,(H,24,28). The number of hydrogen-bond donors (Lipinski definition) is 1. The van der Waals surface area contributed by atoms with Gasteiger partial charge in [0, 0.05) is 24.9 Å². The summed E-state index contributed by atoms with van der Waals surface area (Å²) in [7, 11) is 1.62. The summed E-state index contributed by atoms with van der Waals surface area (Å²) in [6, 6.07) is 11.3. The van der Waals surface area contributed by atoms with Gasteiger partial charge in [-0.05, 0) is 55.9 Å². The van der Waals surface area contributed by atoms with Crippen molar-refractivity contribution in [1.82, 2.24) is 20.4 Å². The van der Waals surface area contributed by atoms with Crippen LogP contribution >= 0.6 is 0 Å². The summed E-state index contributed by atoms with van der Waals surface area (Å²) in [6.45, 7) is 6.48. The van der Waals surface area contributed by atoms with Crippen LogP contribution in [0, 0.1) is 0 Å². The minimum atomic E-state index is -0.00129. The molecule has 1 unspecified atom stereocenters. The van der Waals surface area contributed by atoms with Crippen LogP contribution in [0.15, 0.2) is 51.6 Å². The zero-order valence-corrected chi connectivity index (χ0v) is 18.3. The van der Waals surface area contributed by atoms with Gasteiger partial charge in [-0.3, -0.25) is 9.69 Å². The van der Waals surface area contributed by atoms with E-state index in [0.717, 1.165) is 30.2 Å². The van der Waals surface area contributed by atoms with E-state index in [9.17, 15) is 4.79 Å². The first-order valence-corrected chi connectivity index (χ1v) is 10.7. The number of aryl methyl sites for hydroxylation is 1. The summed E-state index contributed by atoms with van der Waals surface area (Å²) in [5.41, 5.74) is 0.855. The molecular formula is C23H30N4O4. The number of nitrogens with one attached hydrogen (secondary N) is 1. The maximum atomic E-state index is 12.4. The SMILES string of the molecule is CCN(CC)C(CNC(=O)CCCc1nc(-c2ccc(OC)cc2)no1)c1ccco1. The Morgan fingerprint density at radius 1 is 1.19 bits per heavy atom. The molecule has 0 saturated carbocycles. The van der Waals surface area contributed by atoms with Crippen LogP contribution in [0.3, 0.4) is 0 Å². The zero-order chi connectivity index (χ0) is 22.1. The molecule has 1 aromatic carbocycles. The van der Waals surface area contributed by atoms with E-state index in [-0.39, 0.29) is 11.9 Å². The van der Waals surface area contributed by atoms with Crippen molar-refractivity contribution in [3.63, 3.8) is 0 Å². The molecule has 0 spiro atoms. The van der Waals surface area contributed by atoms with Crippen LogP contribution in [0.4, 0.5) is 0 Å². The van der Waals surface area contributed by atoms with Gasteiger partial charge in [-0.1, -0.05) is 19.0 Å². The molecule has 0 aliphatic carbocycles. The van der Waals surface area contributed by atoms with Crippen molar-refractivity contribution in [2.75, 3.05) is 26.7 Å². The Morgan fingerprint density at radius 2 is 1.97 bits per heavy atom. The molecule has 0 aliphatic rings. The maximum absolute atomic E-state index is 12.4. The summed E-state index contributed by atoms with van der Waals surface area (Å²) in [5.74, 6) is 2.69. The Kier molecular flexibility index (Phi) is 8.23. The lowest BCUT2D eigenvalue weighted by atomic mass is 10.1. The Morgan fingerprint density at radius 3 is 2.61 bits per heavy atom. The second kappa shape index (κ2) is 11.3. The third-order valence-electron chi connectivity index (χ3n) is 5.23. The second-order valence-electron chi connectivity index (χ2n) is 7.15. The Labute approximate surface area is 182 Å². The van der Waals surface area contributed by atoms with Crippen LogP contribution in [0.2, 0.25) is 0 Å². The van der Waals surface area contributed by atoms with Gasteiger partial charge in [-0.15, -0.1) is 0 Å². The van der Waals surface area contributed by atoms with Crippen molar-refractivity contribution in [1.29, 1.82) is 0 Å². The average Bonchev–Trinajstić information content (AvgIpc) is 3.49. The Balaban J connectivity index is 1.46. The molecule has 2 heterocycles. The number of likely N-dealkylation sites (N-methyl/N-ethyl adjacent to an activating group) is 1. The van der Waals surface area contributed by atoms with Gasteiger partial charge >= 0.3 is 0 Å². The summed E-state index contributed by atoms with van der Waals surface area (Å²) in [5, 5.41) is 7.05. The number of benzene rings is 1. The highest BCUT2D eigenvalue weighted by molar-refractivity contribution is 5.75. The number of ether oxygens (including phenoxy) is 1.